The predicted molar refractivity (Wildman–Crippen MR) is 136 cm³/mol. The van der Waals surface area contributed by atoms with Gasteiger partial charge in [0.05, 0.1) is 12.2 Å². The van der Waals surface area contributed by atoms with Gasteiger partial charge in [0, 0.05) is 12.0 Å². The van der Waals surface area contributed by atoms with Gasteiger partial charge in [0.15, 0.2) is 17.3 Å². The third-order valence-corrected chi connectivity index (χ3v) is 8.63. The highest BCUT2D eigenvalue weighted by Gasteiger charge is 2.30. The number of carbonyl (C=O) groups is 1. The number of ketones is 1. The van der Waals surface area contributed by atoms with Gasteiger partial charge in [0.2, 0.25) is 0 Å². The lowest BCUT2D eigenvalue weighted by Crippen LogP contribution is -2.25. The predicted octanol–water partition coefficient (Wildman–Crippen LogP) is 9.71. The lowest BCUT2D eigenvalue weighted by atomic mass is 9.68. The fourth-order valence-electron chi connectivity index (χ4n) is 6.63. The molecule has 3 rings (SSSR count). The Labute approximate surface area is 210 Å². The van der Waals surface area contributed by atoms with Crippen LogP contribution in [0.15, 0.2) is 12.1 Å². The highest BCUT2D eigenvalue weighted by Crippen LogP contribution is 2.43. The number of carbonyl (C=O) groups excluding carboxylic acids is 1. The number of ether oxygens (including phenoxy) is 1. The van der Waals surface area contributed by atoms with Crippen LogP contribution in [0.3, 0.4) is 0 Å². The van der Waals surface area contributed by atoms with Crippen LogP contribution in [0.5, 0.6) is 5.75 Å². The molecule has 2 saturated carbocycles. The number of halogens is 3. The third-order valence-electron chi connectivity index (χ3n) is 8.63. The van der Waals surface area contributed by atoms with Gasteiger partial charge in [-0.15, -0.1) is 0 Å². The molecule has 0 aliphatic heterocycles. The molecular weight excluding hydrogens is 449 g/mol. The number of unbranched alkanes of at least 4 members (excludes halogenated alkanes) is 2. The molecule has 0 aromatic heterocycles. The molecule has 5 heteroatoms. The summed E-state index contributed by atoms with van der Waals surface area (Å²) in [5.74, 6) is 1.93. The summed E-state index contributed by atoms with van der Waals surface area (Å²) in [6.07, 6.45) is 14.9. The Morgan fingerprint density at radius 2 is 1.49 bits per heavy atom. The van der Waals surface area contributed by atoms with Crippen molar-refractivity contribution in [1.82, 2.24) is 0 Å². The number of rotatable bonds is 13. The first-order valence-electron chi connectivity index (χ1n) is 14.2. The van der Waals surface area contributed by atoms with E-state index >= 15 is 0 Å². The zero-order chi connectivity index (χ0) is 25.2. The van der Waals surface area contributed by atoms with Crippen molar-refractivity contribution in [1.29, 1.82) is 0 Å². The van der Waals surface area contributed by atoms with Crippen LogP contribution < -0.4 is 4.74 Å². The van der Waals surface area contributed by atoms with Crippen LogP contribution in [0.25, 0.3) is 0 Å². The van der Waals surface area contributed by atoms with Gasteiger partial charge in [-0.3, -0.25) is 4.79 Å². The van der Waals surface area contributed by atoms with Gasteiger partial charge in [-0.05, 0) is 74.8 Å². The molecule has 2 nitrogen and oxygen atoms in total. The van der Waals surface area contributed by atoms with Crippen molar-refractivity contribution >= 4 is 5.78 Å². The van der Waals surface area contributed by atoms with Gasteiger partial charge >= 0.3 is 0 Å². The summed E-state index contributed by atoms with van der Waals surface area (Å²) in [5, 5.41) is 0. The number of hydrogen-bond acceptors (Lipinski definition) is 2. The van der Waals surface area contributed by atoms with E-state index in [0.717, 1.165) is 36.5 Å². The SMILES string of the molecule is CCCC1CCC(C2CCC(CCCCCC(=O)c3ccc(OCC)c(F)c3C(F)F)CC2)CC1. The average molecular weight is 495 g/mol. The Bertz CT molecular complexity index is 778. The highest BCUT2D eigenvalue weighted by molar-refractivity contribution is 5.97. The molecule has 0 N–H and O–H groups in total. The summed E-state index contributed by atoms with van der Waals surface area (Å²) in [6, 6.07) is 2.57. The van der Waals surface area contributed by atoms with E-state index in [1.807, 2.05) is 0 Å². The molecule has 0 amide bonds. The Kier molecular flexibility index (Phi) is 11.4. The lowest BCUT2D eigenvalue weighted by Gasteiger charge is -2.38. The minimum absolute atomic E-state index is 0.175. The van der Waals surface area contributed by atoms with Gasteiger partial charge in [-0.2, -0.15) is 0 Å². The van der Waals surface area contributed by atoms with Crippen LogP contribution >= 0.6 is 0 Å². The second-order valence-electron chi connectivity index (χ2n) is 10.9. The molecule has 0 heterocycles. The first-order valence-corrected chi connectivity index (χ1v) is 14.2. The zero-order valence-electron chi connectivity index (χ0n) is 21.8. The summed E-state index contributed by atoms with van der Waals surface area (Å²) in [6.45, 7) is 4.14. The quantitative estimate of drug-likeness (QED) is 0.201. The molecule has 1 aromatic carbocycles. The molecule has 2 aliphatic rings. The summed E-state index contributed by atoms with van der Waals surface area (Å²) in [5.41, 5.74) is -1.03. The normalized spacial score (nSPS) is 25.1. The fraction of sp³-hybridized carbons (Fsp3) is 0.767. The van der Waals surface area contributed by atoms with Gasteiger partial charge in [-0.25, -0.2) is 13.2 Å². The van der Waals surface area contributed by atoms with Crippen molar-refractivity contribution in [3.05, 3.63) is 29.1 Å². The van der Waals surface area contributed by atoms with Gasteiger partial charge in [0.25, 0.3) is 6.43 Å². The summed E-state index contributed by atoms with van der Waals surface area (Å²) >= 11 is 0. The van der Waals surface area contributed by atoms with Crippen LogP contribution in [0.2, 0.25) is 0 Å². The Morgan fingerprint density at radius 1 is 0.886 bits per heavy atom. The lowest BCUT2D eigenvalue weighted by molar-refractivity contribution is 0.0961. The van der Waals surface area contributed by atoms with Crippen LogP contribution in [-0.2, 0) is 0 Å². The van der Waals surface area contributed by atoms with E-state index in [1.165, 1.54) is 82.8 Å². The Balaban J connectivity index is 1.34. The molecule has 2 fully saturated rings. The number of benzene rings is 1. The van der Waals surface area contributed by atoms with Gasteiger partial charge in [0.1, 0.15) is 0 Å². The Hall–Kier alpha value is -1.52. The van der Waals surface area contributed by atoms with Gasteiger partial charge in [-0.1, -0.05) is 64.7 Å². The molecule has 0 radical (unpaired) electrons. The maximum atomic E-state index is 14.4. The first kappa shape index (κ1) is 28.1. The van der Waals surface area contributed by atoms with Crippen LogP contribution in [0.4, 0.5) is 13.2 Å². The standard InChI is InChI=1S/C30H45F3O2/c1-3-8-21-11-15-23(16-12-21)24-17-13-22(14-18-24)9-6-5-7-10-26(34)25-19-20-27(35-4-2)29(31)28(25)30(32)33/h19-24,30H,3-18H2,1-2H3. The molecule has 0 unspecified atom stereocenters. The van der Waals surface area contributed by atoms with E-state index in [4.69, 9.17) is 4.74 Å². The van der Waals surface area contributed by atoms with E-state index in [-0.39, 0.29) is 24.3 Å². The van der Waals surface area contributed by atoms with E-state index < -0.39 is 23.6 Å². The zero-order valence-corrected chi connectivity index (χ0v) is 21.8. The summed E-state index contributed by atoms with van der Waals surface area (Å²) < 4.78 is 46.4. The van der Waals surface area contributed by atoms with E-state index in [2.05, 4.69) is 6.92 Å². The highest BCUT2D eigenvalue weighted by atomic mass is 19.3. The Morgan fingerprint density at radius 3 is 2.03 bits per heavy atom. The number of alkyl halides is 2. The molecular formula is C30H45F3O2. The molecule has 2 aliphatic carbocycles. The second-order valence-corrected chi connectivity index (χ2v) is 10.9. The minimum atomic E-state index is -3.05. The monoisotopic (exact) mass is 494 g/mol. The largest absolute Gasteiger partial charge is 0.491 e. The summed E-state index contributed by atoms with van der Waals surface area (Å²) in [4.78, 5) is 12.6. The van der Waals surface area contributed by atoms with Crippen molar-refractivity contribution in [2.75, 3.05) is 6.61 Å². The topological polar surface area (TPSA) is 26.3 Å². The molecule has 198 valence electrons. The maximum absolute atomic E-state index is 14.4. The minimum Gasteiger partial charge on any atom is -0.491 e. The molecule has 0 atom stereocenters. The first-order chi connectivity index (χ1) is 16.9. The van der Waals surface area contributed by atoms with Crippen LogP contribution in [0, 0.1) is 29.5 Å². The number of Topliss-reactive ketones (excluding diaryl/α,β-unsaturated/α-hetero) is 1. The summed E-state index contributed by atoms with van der Waals surface area (Å²) in [7, 11) is 0. The number of hydrogen-bond donors (Lipinski definition) is 0. The van der Waals surface area contributed by atoms with Crippen molar-refractivity contribution in [3.63, 3.8) is 0 Å². The average Bonchev–Trinajstić information content (AvgIpc) is 2.86. The van der Waals surface area contributed by atoms with Crippen LogP contribution in [0.1, 0.15) is 133 Å². The smallest absolute Gasteiger partial charge is 0.267 e. The van der Waals surface area contributed by atoms with E-state index in [0.29, 0.717) is 6.42 Å². The van der Waals surface area contributed by atoms with Gasteiger partial charge < -0.3 is 4.74 Å². The van der Waals surface area contributed by atoms with Crippen molar-refractivity contribution in [3.8, 4) is 5.75 Å². The molecule has 35 heavy (non-hydrogen) atoms. The third kappa shape index (κ3) is 7.98. The molecule has 0 spiro atoms. The molecule has 0 saturated heterocycles. The van der Waals surface area contributed by atoms with E-state index in [1.54, 1.807) is 6.92 Å². The molecule has 0 bridgehead atoms. The molecule has 1 aromatic rings. The van der Waals surface area contributed by atoms with E-state index in [9.17, 15) is 18.0 Å². The second kappa shape index (κ2) is 14.3. The maximum Gasteiger partial charge on any atom is 0.267 e. The van der Waals surface area contributed by atoms with Crippen LogP contribution in [-0.4, -0.2) is 12.4 Å². The van der Waals surface area contributed by atoms with Crippen molar-refractivity contribution in [2.45, 2.75) is 117 Å². The fourth-order valence-corrected chi connectivity index (χ4v) is 6.63. The van der Waals surface area contributed by atoms with Crippen molar-refractivity contribution < 1.29 is 22.7 Å². The van der Waals surface area contributed by atoms with Crippen molar-refractivity contribution in [2.24, 2.45) is 23.7 Å².